The summed E-state index contributed by atoms with van der Waals surface area (Å²) in [6, 6.07) is 11.3. The van der Waals surface area contributed by atoms with Crippen LogP contribution in [0.3, 0.4) is 0 Å². The Morgan fingerprint density at radius 3 is 2.67 bits per heavy atom. The van der Waals surface area contributed by atoms with Crippen molar-refractivity contribution in [2.24, 2.45) is 0 Å². The molecular weight excluding hydrogens is 432 g/mol. The van der Waals surface area contributed by atoms with Crippen LogP contribution in [-0.2, 0) is 4.74 Å². The fourth-order valence-electron chi connectivity index (χ4n) is 3.99. The maximum atomic E-state index is 15.2. The highest BCUT2D eigenvalue weighted by Gasteiger charge is 2.30. The summed E-state index contributed by atoms with van der Waals surface area (Å²) in [5.41, 5.74) is 6.42. The summed E-state index contributed by atoms with van der Waals surface area (Å²) in [6.45, 7) is 0.256. The summed E-state index contributed by atoms with van der Waals surface area (Å²) in [7, 11) is 0. The number of benzene rings is 2. The van der Waals surface area contributed by atoms with E-state index >= 15 is 4.39 Å². The highest BCUT2D eigenvalue weighted by molar-refractivity contribution is 5.85. The van der Waals surface area contributed by atoms with Crippen LogP contribution in [0.15, 0.2) is 48.8 Å². The van der Waals surface area contributed by atoms with Crippen LogP contribution in [0, 0.1) is 11.6 Å². The molecule has 2 aromatic carbocycles. The second-order valence-electron chi connectivity index (χ2n) is 7.79. The molecule has 0 amide bonds. The Hall–Kier alpha value is -3.63. The van der Waals surface area contributed by atoms with Gasteiger partial charge in [0, 0.05) is 11.5 Å². The van der Waals surface area contributed by atoms with E-state index in [-0.39, 0.29) is 47.0 Å². The lowest BCUT2D eigenvalue weighted by Gasteiger charge is -2.26. The lowest BCUT2D eigenvalue weighted by molar-refractivity contribution is -0.0284. The van der Waals surface area contributed by atoms with Gasteiger partial charge < -0.3 is 20.3 Å². The number of nitrogens with two attached hydrogens (primary N) is 1. The van der Waals surface area contributed by atoms with E-state index in [9.17, 15) is 9.50 Å². The molecule has 8 nitrogen and oxygen atoms in total. The molecule has 3 heterocycles. The minimum Gasteiger partial charge on any atom is -0.454 e. The van der Waals surface area contributed by atoms with E-state index in [1.165, 1.54) is 23.0 Å². The maximum Gasteiger partial charge on any atom is 0.201 e. The number of hydrogen-bond acceptors (Lipinski definition) is 7. The molecule has 0 saturated carbocycles. The number of aliphatic hydroxyl groups excluding tert-OH is 1. The van der Waals surface area contributed by atoms with E-state index in [1.54, 1.807) is 30.3 Å². The second-order valence-corrected chi connectivity index (χ2v) is 7.79. The van der Waals surface area contributed by atoms with E-state index < -0.39 is 11.6 Å². The zero-order valence-corrected chi connectivity index (χ0v) is 17.5. The molecule has 4 aromatic rings. The van der Waals surface area contributed by atoms with Gasteiger partial charge in [0.05, 0.1) is 19.3 Å². The molecule has 0 aliphatic carbocycles. The molecule has 0 bridgehead atoms. The van der Waals surface area contributed by atoms with Crippen LogP contribution in [0.5, 0.6) is 11.5 Å². The van der Waals surface area contributed by atoms with Crippen molar-refractivity contribution < 1.29 is 23.4 Å². The molecule has 1 saturated heterocycles. The van der Waals surface area contributed by atoms with Crippen LogP contribution in [-0.4, -0.2) is 44.0 Å². The molecule has 3 N–H and O–H groups in total. The Labute approximate surface area is 187 Å². The van der Waals surface area contributed by atoms with Crippen LogP contribution in [0.25, 0.3) is 16.8 Å². The SMILES string of the molecule is Nc1ncnn2c([C@H]3CC[C@@H](CO)OC3)nc(-c3ccc(Oc4ccccc4)c(F)c3F)c12. The smallest absolute Gasteiger partial charge is 0.201 e. The van der Waals surface area contributed by atoms with E-state index in [2.05, 4.69) is 15.1 Å². The number of ether oxygens (including phenoxy) is 2. The highest BCUT2D eigenvalue weighted by Crippen LogP contribution is 2.37. The first-order chi connectivity index (χ1) is 16.1. The first kappa shape index (κ1) is 21.2. The van der Waals surface area contributed by atoms with Gasteiger partial charge in [-0.2, -0.15) is 9.49 Å². The number of imidazole rings is 1. The molecule has 10 heteroatoms. The zero-order chi connectivity index (χ0) is 22.9. The summed E-state index contributed by atoms with van der Waals surface area (Å²) >= 11 is 0. The molecule has 170 valence electrons. The summed E-state index contributed by atoms with van der Waals surface area (Å²) in [5, 5.41) is 13.6. The summed E-state index contributed by atoms with van der Waals surface area (Å²) in [5.74, 6) is -1.67. The molecular formula is C23H21F2N5O3. The number of anilines is 1. The third-order valence-electron chi connectivity index (χ3n) is 5.70. The van der Waals surface area contributed by atoms with Gasteiger partial charge in [-0.05, 0) is 37.1 Å². The van der Waals surface area contributed by atoms with Gasteiger partial charge in [-0.1, -0.05) is 18.2 Å². The summed E-state index contributed by atoms with van der Waals surface area (Å²) in [6.07, 6.45) is 2.38. The zero-order valence-electron chi connectivity index (χ0n) is 17.5. The largest absolute Gasteiger partial charge is 0.454 e. The lowest BCUT2D eigenvalue weighted by atomic mass is 9.98. The average molecular weight is 453 g/mol. The number of aliphatic hydroxyl groups is 1. The van der Waals surface area contributed by atoms with Crippen molar-refractivity contribution >= 4 is 11.3 Å². The van der Waals surface area contributed by atoms with Crippen molar-refractivity contribution in [3.8, 4) is 22.8 Å². The molecule has 2 atom stereocenters. The Morgan fingerprint density at radius 2 is 1.94 bits per heavy atom. The first-order valence-corrected chi connectivity index (χ1v) is 10.5. The summed E-state index contributed by atoms with van der Waals surface area (Å²) in [4.78, 5) is 8.60. The maximum absolute atomic E-state index is 15.2. The molecule has 0 radical (unpaired) electrons. The van der Waals surface area contributed by atoms with E-state index in [0.29, 0.717) is 31.0 Å². The van der Waals surface area contributed by atoms with Crippen molar-refractivity contribution in [3.63, 3.8) is 0 Å². The van der Waals surface area contributed by atoms with Crippen LogP contribution >= 0.6 is 0 Å². The predicted octanol–water partition coefficient (Wildman–Crippen LogP) is 3.70. The average Bonchev–Trinajstić information content (AvgIpc) is 3.24. The number of halogens is 2. The van der Waals surface area contributed by atoms with Crippen molar-refractivity contribution in [2.45, 2.75) is 24.9 Å². The van der Waals surface area contributed by atoms with E-state index in [4.69, 9.17) is 15.2 Å². The number of hydrogen-bond donors (Lipinski definition) is 2. The van der Waals surface area contributed by atoms with Crippen LogP contribution in [0.2, 0.25) is 0 Å². The second kappa shape index (κ2) is 8.72. The molecule has 33 heavy (non-hydrogen) atoms. The van der Waals surface area contributed by atoms with Crippen molar-refractivity contribution in [2.75, 3.05) is 18.9 Å². The van der Waals surface area contributed by atoms with Gasteiger partial charge in [0.25, 0.3) is 0 Å². The third-order valence-corrected chi connectivity index (χ3v) is 5.70. The van der Waals surface area contributed by atoms with Crippen LogP contribution < -0.4 is 10.5 Å². The lowest BCUT2D eigenvalue weighted by Crippen LogP contribution is -2.28. The molecule has 1 aliphatic rings. The Bertz CT molecular complexity index is 1290. The molecule has 1 aliphatic heterocycles. The molecule has 2 aromatic heterocycles. The van der Waals surface area contributed by atoms with Gasteiger partial charge in [0.2, 0.25) is 5.82 Å². The molecule has 0 spiro atoms. The number of nitrogens with zero attached hydrogens (tertiary/aromatic N) is 4. The number of para-hydroxylation sites is 1. The normalized spacial score (nSPS) is 18.5. The van der Waals surface area contributed by atoms with Gasteiger partial charge in [-0.3, -0.25) is 0 Å². The minimum absolute atomic E-state index is 0.0582. The Balaban J connectivity index is 1.57. The van der Waals surface area contributed by atoms with Gasteiger partial charge in [-0.15, -0.1) is 0 Å². The number of aromatic nitrogens is 4. The fraction of sp³-hybridized carbons (Fsp3) is 0.261. The van der Waals surface area contributed by atoms with Crippen molar-refractivity contribution in [3.05, 3.63) is 66.3 Å². The quantitative estimate of drug-likeness (QED) is 0.474. The monoisotopic (exact) mass is 453 g/mol. The third kappa shape index (κ3) is 3.87. The Kier molecular flexibility index (Phi) is 5.61. The van der Waals surface area contributed by atoms with Crippen LogP contribution in [0.4, 0.5) is 14.6 Å². The van der Waals surface area contributed by atoms with Gasteiger partial charge in [0.15, 0.2) is 17.4 Å². The van der Waals surface area contributed by atoms with E-state index in [0.717, 1.165) is 0 Å². The molecule has 0 unspecified atom stereocenters. The van der Waals surface area contributed by atoms with Crippen LogP contribution in [0.1, 0.15) is 24.6 Å². The topological polar surface area (TPSA) is 108 Å². The van der Waals surface area contributed by atoms with Crippen molar-refractivity contribution in [1.82, 2.24) is 19.6 Å². The Morgan fingerprint density at radius 1 is 1.12 bits per heavy atom. The number of nitrogen functional groups attached to an aromatic ring is 1. The number of fused-ring (bicyclic) bond motifs is 1. The van der Waals surface area contributed by atoms with Gasteiger partial charge in [0.1, 0.15) is 29.1 Å². The van der Waals surface area contributed by atoms with E-state index in [1.807, 2.05) is 0 Å². The highest BCUT2D eigenvalue weighted by atomic mass is 19.2. The van der Waals surface area contributed by atoms with Crippen molar-refractivity contribution in [1.29, 1.82) is 0 Å². The van der Waals surface area contributed by atoms with Gasteiger partial charge >= 0.3 is 0 Å². The first-order valence-electron chi connectivity index (χ1n) is 10.5. The molecule has 1 fully saturated rings. The molecule has 5 rings (SSSR count). The standard InChI is InChI=1S/C23H21F2N5O3/c24-18-16(8-9-17(19(18)25)33-14-4-2-1-3-5-14)20-21-22(26)27-12-28-30(21)23(29-20)13-6-7-15(10-31)32-11-13/h1-5,8-9,12-13,15,31H,6-7,10-11H2,(H2,26,27,28)/t13-,15-/m0/s1. The minimum atomic E-state index is -1.14. The number of rotatable bonds is 5. The predicted molar refractivity (Wildman–Crippen MR) is 116 cm³/mol. The fourth-order valence-corrected chi connectivity index (χ4v) is 3.99. The van der Waals surface area contributed by atoms with Gasteiger partial charge in [-0.25, -0.2) is 18.9 Å². The summed E-state index contributed by atoms with van der Waals surface area (Å²) < 4.78 is 42.8.